The normalized spacial score (nSPS) is 29.7. The summed E-state index contributed by atoms with van der Waals surface area (Å²) in [5.41, 5.74) is 0.450. The summed E-state index contributed by atoms with van der Waals surface area (Å²) < 4.78 is 5.33. The third-order valence-corrected chi connectivity index (χ3v) is 9.93. The molecule has 2 aliphatic carbocycles. The van der Waals surface area contributed by atoms with Crippen LogP contribution in [0.5, 0.6) is 11.5 Å². The average Bonchev–Trinajstić information content (AvgIpc) is 3.38. The van der Waals surface area contributed by atoms with Gasteiger partial charge in [-0.3, -0.25) is 24.4 Å². The van der Waals surface area contributed by atoms with Crippen molar-refractivity contribution in [3.8, 4) is 11.5 Å². The fraction of sp³-hybridized carbons (Fsp3) is 0.273. The molecular formula is C33H27ClN2O7. The van der Waals surface area contributed by atoms with E-state index in [0.29, 0.717) is 33.2 Å². The molecule has 0 spiro atoms. The maximum Gasteiger partial charge on any atom is 0.257 e. The van der Waals surface area contributed by atoms with Crippen molar-refractivity contribution in [3.63, 3.8) is 0 Å². The van der Waals surface area contributed by atoms with Crippen molar-refractivity contribution in [3.05, 3.63) is 101 Å². The lowest BCUT2D eigenvalue weighted by molar-refractivity contribution is -0.173. The summed E-state index contributed by atoms with van der Waals surface area (Å²) in [6.45, 7) is 0. The number of hydrogen-bond donors (Lipinski definition) is 2. The molecule has 3 fully saturated rings. The molecule has 43 heavy (non-hydrogen) atoms. The Hall–Kier alpha value is -4.47. The Morgan fingerprint density at radius 1 is 0.907 bits per heavy atom. The van der Waals surface area contributed by atoms with Crippen molar-refractivity contribution < 1.29 is 34.2 Å². The highest BCUT2D eigenvalue weighted by Crippen LogP contribution is 2.65. The zero-order valence-electron chi connectivity index (χ0n) is 23.0. The van der Waals surface area contributed by atoms with E-state index >= 15 is 4.79 Å². The van der Waals surface area contributed by atoms with Crippen molar-refractivity contribution in [2.75, 3.05) is 12.0 Å². The van der Waals surface area contributed by atoms with Crippen molar-refractivity contribution in [2.45, 2.75) is 24.2 Å². The van der Waals surface area contributed by atoms with Crippen LogP contribution >= 0.6 is 11.6 Å². The first kappa shape index (κ1) is 27.4. The van der Waals surface area contributed by atoms with E-state index in [9.17, 15) is 24.7 Å². The van der Waals surface area contributed by atoms with Crippen LogP contribution in [-0.2, 0) is 24.6 Å². The minimum absolute atomic E-state index is 0.0871. The number of hydroxylamine groups is 2. The topological polar surface area (TPSA) is 124 Å². The van der Waals surface area contributed by atoms with E-state index in [1.165, 1.54) is 13.2 Å². The van der Waals surface area contributed by atoms with Crippen molar-refractivity contribution in [1.82, 2.24) is 5.06 Å². The predicted octanol–water partition coefficient (Wildman–Crippen LogP) is 4.61. The lowest BCUT2D eigenvalue weighted by Crippen LogP contribution is -2.53. The third kappa shape index (κ3) is 3.68. The first-order valence-electron chi connectivity index (χ1n) is 14.0. The lowest BCUT2D eigenvalue weighted by atomic mass is 9.49. The second kappa shape index (κ2) is 9.79. The summed E-state index contributed by atoms with van der Waals surface area (Å²) in [5, 5.41) is 22.3. The summed E-state index contributed by atoms with van der Waals surface area (Å²) in [5.74, 6) is -6.26. The molecule has 10 heteroatoms. The van der Waals surface area contributed by atoms with Gasteiger partial charge in [-0.05, 0) is 48.6 Å². The monoisotopic (exact) mass is 598 g/mol. The van der Waals surface area contributed by atoms with Gasteiger partial charge in [-0.25, -0.2) is 4.90 Å². The number of methoxy groups -OCH3 is 1. The highest BCUT2D eigenvalue weighted by atomic mass is 35.5. The molecule has 0 aromatic heterocycles. The number of aromatic hydroxyl groups is 1. The molecule has 6 atom stereocenters. The molecule has 4 amide bonds. The van der Waals surface area contributed by atoms with Crippen LogP contribution in [0.4, 0.5) is 5.69 Å². The maximum absolute atomic E-state index is 15.0. The van der Waals surface area contributed by atoms with Gasteiger partial charge in [0.2, 0.25) is 11.8 Å². The van der Waals surface area contributed by atoms with Gasteiger partial charge in [-0.15, -0.1) is 0 Å². The van der Waals surface area contributed by atoms with Gasteiger partial charge < -0.3 is 9.84 Å². The minimum Gasteiger partial charge on any atom is -0.508 e. The largest absolute Gasteiger partial charge is 0.508 e. The molecule has 3 aromatic carbocycles. The van der Waals surface area contributed by atoms with Gasteiger partial charge in [0.1, 0.15) is 11.5 Å². The van der Waals surface area contributed by atoms with Crippen LogP contribution in [0.3, 0.4) is 0 Å². The number of phenols is 1. The summed E-state index contributed by atoms with van der Waals surface area (Å²) in [4.78, 5) is 56.8. The van der Waals surface area contributed by atoms with Crippen LogP contribution < -0.4 is 9.64 Å². The molecule has 2 N–H and O–H groups in total. The van der Waals surface area contributed by atoms with Crippen LogP contribution in [0, 0.1) is 23.7 Å². The zero-order chi connectivity index (χ0) is 30.2. The van der Waals surface area contributed by atoms with E-state index in [0.717, 1.165) is 4.90 Å². The van der Waals surface area contributed by atoms with E-state index in [2.05, 4.69) is 0 Å². The number of amides is 4. The lowest BCUT2D eigenvalue weighted by Gasteiger charge is -2.50. The van der Waals surface area contributed by atoms with E-state index < -0.39 is 58.6 Å². The first-order valence-corrected chi connectivity index (χ1v) is 14.4. The Morgan fingerprint density at radius 3 is 2.37 bits per heavy atom. The highest BCUT2D eigenvalue weighted by molar-refractivity contribution is 6.32. The number of ether oxygens (including phenoxy) is 1. The van der Waals surface area contributed by atoms with Gasteiger partial charge in [-0.2, -0.15) is 5.06 Å². The molecule has 0 radical (unpaired) electrons. The number of imide groups is 2. The molecule has 7 rings (SSSR count). The van der Waals surface area contributed by atoms with Crippen LogP contribution in [0.2, 0.25) is 5.02 Å². The van der Waals surface area contributed by atoms with E-state index in [1.807, 2.05) is 12.1 Å². The zero-order valence-corrected chi connectivity index (χ0v) is 23.8. The number of fused-ring (bicyclic) bond motifs is 4. The van der Waals surface area contributed by atoms with E-state index in [1.54, 1.807) is 60.7 Å². The number of phenolic OH excluding ortho intramolecular Hbond substituents is 1. The average molecular weight is 599 g/mol. The number of hydrogen-bond acceptors (Lipinski definition) is 7. The Balaban J connectivity index is 1.53. The molecule has 218 valence electrons. The second-order valence-electron chi connectivity index (χ2n) is 11.5. The molecule has 0 unspecified atom stereocenters. The Kier molecular flexibility index (Phi) is 6.23. The van der Waals surface area contributed by atoms with E-state index in [-0.39, 0.29) is 23.7 Å². The molecule has 2 heterocycles. The number of rotatable bonds is 4. The van der Waals surface area contributed by atoms with Crippen LogP contribution in [0.1, 0.15) is 29.9 Å². The number of carbonyl (C=O) groups excluding carboxylic acids is 4. The smallest absolute Gasteiger partial charge is 0.257 e. The Labute approximate surface area is 251 Å². The standard InChI is InChI=1S/C33H27ClN2O7/c1-43-20-10-11-22(26(37)15-20)28-21-12-13-23-27(31(40)36(42)29(23)38)24(21)16-25-30(39)35(19-9-5-8-18(34)14-19)32(41)33(25,28)17-6-3-2-4-7-17/h2-12,14-15,23-25,27-28,37,42H,13,16H2,1H3/t23-,24+,25-,27-,28+,33+/m0/s1. The molecule has 2 saturated heterocycles. The maximum atomic E-state index is 15.0. The fourth-order valence-corrected chi connectivity index (χ4v) is 8.15. The summed E-state index contributed by atoms with van der Waals surface area (Å²) in [7, 11) is 1.47. The van der Waals surface area contributed by atoms with E-state index in [4.69, 9.17) is 16.3 Å². The minimum atomic E-state index is -1.51. The molecule has 3 aromatic rings. The second-order valence-corrected chi connectivity index (χ2v) is 11.9. The molecule has 1 saturated carbocycles. The van der Waals surface area contributed by atoms with Gasteiger partial charge >= 0.3 is 0 Å². The van der Waals surface area contributed by atoms with Gasteiger partial charge in [0.05, 0.1) is 36.0 Å². The Morgan fingerprint density at radius 2 is 1.67 bits per heavy atom. The predicted molar refractivity (Wildman–Crippen MR) is 154 cm³/mol. The van der Waals surface area contributed by atoms with Gasteiger partial charge in [0, 0.05) is 22.6 Å². The van der Waals surface area contributed by atoms with Gasteiger partial charge in [0.25, 0.3) is 11.8 Å². The quantitative estimate of drug-likeness (QED) is 0.255. The number of nitrogens with zero attached hydrogens (tertiary/aromatic N) is 2. The Bertz CT molecular complexity index is 1740. The number of carbonyl (C=O) groups is 4. The fourth-order valence-electron chi connectivity index (χ4n) is 7.97. The summed E-state index contributed by atoms with van der Waals surface area (Å²) >= 11 is 6.30. The summed E-state index contributed by atoms with van der Waals surface area (Å²) in [6.07, 6.45) is 2.11. The number of anilines is 1. The molecule has 4 aliphatic rings. The highest BCUT2D eigenvalue weighted by Gasteiger charge is 2.70. The van der Waals surface area contributed by atoms with Crippen molar-refractivity contribution in [2.24, 2.45) is 23.7 Å². The number of halogens is 1. The molecule has 0 bridgehead atoms. The summed E-state index contributed by atoms with van der Waals surface area (Å²) in [6, 6.07) is 20.3. The molecular weight excluding hydrogens is 572 g/mol. The van der Waals surface area contributed by atoms with Crippen molar-refractivity contribution in [1.29, 1.82) is 0 Å². The first-order chi connectivity index (χ1) is 20.7. The van der Waals surface area contributed by atoms with Crippen LogP contribution in [-0.4, -0.2) is 46.1 Å². The number of allylic oxidation sites excluding steroid dienone is 2. The SMILES string of the molecule is COc1ccc([C@H]2C3=CC[C@@H]4C(=O)N(O)C(=O)[C@@H]4[C@@H]3C[C@H]3C(=O)N(c4cccc(Cl)c4)C(=O)[C@@]23c2ccccc2)c(O)c1. The van der Waals surface area contributed by atoms with Crippen LogP contribution in [0.25, 0.3) is 0 Å². The molecule has 9 nitrogen and oxygen atoms in total. The number of benzene rings is 3. The van der Waals surface area contributed by atoms with Gasteiger partial charge in [-0.1, -0.05) is 65.7 Å². The van der Waals surface area contributed by atoms with Crippen LogP contribution in [0.15, 0.2) is 84.4 Å². The molecule has 2 aliphatic heterocycles. The van der Waals surface area contributed by atoms with Gasteiger partial charge in [0.15, 0.2) is 0 Å². The van der Waals surface area contributed by atoms with Crippen molar-refractivity contribution >= 4 is 40.9 Å². The third-order valence-electron chi connectivity index (χ3n) is 9.69.